The van der Waals surface area contributed by atoms with Crippen LogP contribution in [-0.4, -0.2) is 61.0 Å². The first kappa shape index (κ1) is 23.2. The third kappa shape index (κ3) is 5.12. The minimum absolute atomic E-state index is 0.00390. The molecule has 1 aromatic carbocycles. The number of aromatic nitrogens is 3. The van der Waals surface area contributed by atoms with Gasteiger partial charge in [0, 0.05) is 25.2 Å². The average molecular weight is 483 g/mol. The second kappa shape index (κ2) is 9.99. The molecule has 4 heterocycles. The van der Waals surface area contributed by atoms with E-state index in [1.54, 1.807) is 12.3 Å². The van der Waals surface area contributed by atoms with Crippen LogP contribution in [0.15, 0.2) is 36.7 Å². The smallest absolute Gasteiger partial charge is 0.229 e. The molecule has 3 aromatic rings. The molecule has 8 nitrogen and oxygen atoms in total. The van der Waals surface area contributed by atoms with Gasteiger partial charge in [-0.3, -0.25) is 0 Å². The number of pyridine rings is 1. The van der Waals surface area contributed by atoms with Crippen molar-refractivity contribution in [1.82, 2.24) is 15.0 Å². The molecule has 1 N–H and O–H groups in total. The van der Waals surface area contributed by atoms with E-state index >= 15 is 0 Å². The van der Waals surface area contributed by atoms with Crippen LogP contribution in [0.4, 0.5) is 31.9 Å². The first-order valence-electron chi connectivity index (χ1n) is 11.8. The summed E-state index contributed by atoms with van der Waals surface area (Å²) in [5.74, 6) is 0.0741. The SMILES string of the molecule is CC(C)CN1CCOc2c(F)cc(-c3nc(Nc4ccc(N5CCOCC5)cn4)ncc3F)cc21. The van der Waals surface area contributed by atoms with Gasteiger partial charge in [-0.25, -0.2) is 23.7 Å². The number of halogens is 2. The summed E-state index contributed by atoms with van der Waals surface area (Å²) in [7, 11) is 0. The van der Waals surface area contributed by atoms with Gasteiger partial charge in [0.2, 0.25) is 5.95 Å². The van der Waals surface area contributed by atoms with Crippen LogP contribution in [0.1, 0.15) is 13.8 Å². The van der Waals surface area contributed by atoms with Crippen molar-refractivity contribution in [1.29, 1.82) is 0 Å². The second-order valence-corrected chi connectivity index (χ2v) is 9.01. The lowest BCUT2D eigenvalue weighted by atomic mass is 10.1. The van der Waals surface area contributed by atoms with E-state index < -0.39 is 11.6 Å². The van der Waals surface area contributed by atoms with Gasteiger partial charge < -0.3 is 24.6 Å². The minimum atomic E-state index is -0.641. The Hall–Kier alpha value is -3.53. The Labute approximate surface area is 202 Å². The van der Waals surface area contributed by atoms with E-state index in [-0.39, 0.29) is 17.4 Å². The van der Waals surface area contributed by atoms with E-state index in [1.807, 2.05) is 12.1 Å². The molecule has 0 spiro atoms. The molecule has 0 unspecified atom stereocenters. The van der Waals surface area contributed by atoms with E-state index in [0.29, 0.717) is 49.4 Å². The van der Waals surface area contributed by atoms with Crippen molar-refractivity contribution in [3.05, 3.63) is 48.3 Å². The van der Waals surface area contributed by atoms with Crippen LogP contribution < -0.4 is 19.9 Å². The number of fused-ring (bicyclic) bond motifs is 1. The van der Waals surface area contributed by atoms with Gasteiger partial charge in [-0.1, -0.05) is 13.8 Å². The molecule has 10 heteroatoms. The van der Waals surface area contributed by atoms with Crippen molar-refractivity contribution in [2.24, 2.45) is 5.92 Å². The zero-order valence-corrected chi connectivity index (χ0v) is 19.8. The summed E-state index contributed by atoms with van der Waals surface area (Å²) in [5, 5.41) is 3.01. The summed E-state index contributed by atoms with van der Waals surface area (Å²) >= 11 is 0. The fourth-order valence-corrected chi connectivity index (χ4v) is 4.32. The molecule has 0 bridgehead atoms. The lowest BCUT2D eigenvalue weighted by Gasteiger charge is -2.33. The number of nitrogens with zero attached hydrogens (tertiary/aromatic N) is 5. The first-order chi connectivity index (χ1) is 17.0. The molecule has 0 amide bonds. The quantitative estimate of drug-likeness (QED) is 0.559. The minimum Gasteiger partial charge on any atom is -0.486 e. The normalized spacial score (nSPS) is 15.7. The van der Waals surface area contributed by atoms with E-state index in [1.165, 1.54) is 6.07 Å². The predicted octanol–water partition coefficient (Wildman–Crippen LogP) is 4.25. The van der Waals surface area contributed by atoms with Crippen LogP contribution in [0.2, 0.25) is 0 Å². The molecule has 0 atom stereocenters. The van der Waals surface area contributed by atoms with Gasteiger partial charge in [0.15, 0.2) is 17.4 Å². The Morgan fingerprint density at radius 2 is 1.83 bits per heavy atom. The van der Waals surface area contributed by atoms with Crippen molar-refractivity contribution in [3.63, 3.8) is 0 Å². The number of anilines is 4. The van der Waals surface area contributed by atoms with E-state index in [4.69, 9.17) is 9.47 Å². The molecular weight excluding hydrogens is 454 g/mol. The molecule has 2 aliphatic rings. The first-order valence-corrected chi connectivity index (χ1v) is 11.8. The summed E-state index contributed by atoms with van der Waals surface area (Å²) in [4.78, 5) is 17.1. The number of morpholine rings is 1. The van der Waals surface area contributed by atoms with Crippen molar-refractivity contribution in [2.45, 2.75) is 13.8 Å². The summed E-state index contributed by atoms with van der Waals surface area (Å²) in [6, 6.07) is 6.75. The Morgan fingerprint density at radius 1 is 1.00 bits per heavy atom. The third-order valence-corrected chi connectivity index (χ3v) is 5.94. The molecule has 2 aromatic heterocycles. The average Bonchev–Trinajstić information content (AvgIpc) is 2.86. The Balaban J connectivity index is 1.40. The number of rotatable bonds is 6. The van der Waals surface area contributed by atoms with Crippen molar-refractivity contribution < 1.29 is 18.3 Å². The van der Waals surface area contributed by atoms with Gasteiger partial charge in [-0.2, -0.15) is 0 Å². The molecule has 184 valence electrons. The zero-order valence-electron chi connectivity index (χ0n) is 19.8. The fourth-order valence-electron chi connectivity index (χ4n) is 4.32. The highest BCUT2D eigenvalue weighted by Gasteiger charge is 2.25. The van der Waals surface area contributed by atoms with Crippen molar-refractivity contribution >= 4 is 23.1 Å². The Morgan fingerprint density at radius 3 is 2.57 bits per heavy atom. The topological polar surface area (TPSA) is 75.6 Å². The highest BCUT2D eigenvalue weighted by atomic mass is 19.1. The molecule has 0 aliphatic carbocycles. The highest BCUT2D eigenvalue weighted by Crippen LogP contribution is 2.39. The maximum atomic E-state index is 14.9. The van der Waals surface area contributed by atoms with E-state index in [9.17, 15) is 8.78 Å². The Bertz CT molecular complexity index is 1190. The van der Waals surface area contributed by atoms with Crippen LogP contribution >= 0.6 is 0 Å². The van der Waals surface area contributed by atoms with Crippen LogP contribution in [0.5, 0.6) is 5.75 Å². The van der Waals surface area contributed by atoms with Gasteiger partial charge in [-0.05, 0) is 30.2 Å². The van der Waals surface area contributed by atoms with Gasteiger partial charge in [-0.15, -0.1) is 0 Å². The number of nitrogens with one attached hydrogen (secondary N) is 1. The molecule has 1 saturated heterocycles. The summed E-state index contributed by atoms with van der Waals surface area (Å²) in [6.07, 6.45) is 2.84. The van der Waals surface area contributed by atoms with Crippen molar-refractivity contribution in [3.8, 4) is 17.0 Å². The van der Waals surface area contributed by atoms with Crippen LogP contribution in [0.25, 0.3) is 11.3 Å². The molecule has 2 aliphatic heterocycles. The summed E-state index contributed by atoms with van der Waals surface area (Å²) < 4.78 is 40.7. The van der Waals surface area contributed by atoms with Crippen LogP contribution in [0.3, 0.4) is 0 Å². The maximum Gasteiger partial charge on any atom is 0.229 e. The Kier molecular flexibility index (Phi) is 6.63. The standard InChI is InChI=1S/C25H28F2N6O2/c1-16(2)15-33-7-10-35-24-19(26)11-17(12-21(24)33)23-20(27)14-29-25(31-23)30-22-4-3-18(13-28-22)32-5-8-34-9-6-32/h3-4,11-14,16H,5-10,15H2,1-2H3,(H,28,29,30,31). The predicted molar refractivity (Wildman–Crippen MR) is 130 cm³/mol. The number of hydrogen-bond donors (Lipinski definition) is 1. The number of hydrogen-bond acceptors (Lipinski definition) is 8. The van der Waals surface area contributed by atoms with Crippen molar-refractivity contribution in [2.75, 3.05) is 61.1 Å². The van der Waals surface area contributed by atoms with Gasteiger partial charge in [0.1, 0.15) is 18.1 Å². The number of ether oxygens (including phenoxy) is 2. The molecule has 5 rings (SSSR count). The highest BCUT2D eigenvalue weighted by molar-refractivity contribution is 5.73. The van der Waals surface area contributed by atoms with E-state index in [0.717, 1.165) is 31.5 Å². The van der Waals surface area contributed by atoms with Crippen LogP contribution in [-0.2, 0) is 4.74 Å². The maximum absolute atomic E-state index is 14.9. The monoisotopic (exact) mass is 482 g/mol. The summed E-state index contributed by atoms with van der Waals surface area (Å²) in [6.45, 7) is 8.99. The third-order valence-electron chi connectivity index (χ3n) is 5.94. The second-order valence-electron chi connectivity index (χ2n) is 9.01. The fraction of sp³-hybridized carbons (Fsp3) is 0.400. The molecule has 0 saturated carbocycles. The van der Waals surface area contributed by atoms with E-state index in [2.05, 4.69) is 43.9 Å². The summed E-state index contributed by atoms with van der Waals surface area (Å²) in [5.41, 5.74) is 1.92. The zero-order chi connectivity index (χ0) is 24.4. The molecule has 0 radical (unpaired) electrons. The molecule has 35 heavy (non-hydrogen) atoms. The van der Waals surface area contributed by atoms with Gasteiger partial charge >= 0.3 is 0 Å². The van der Waals surface area contributed by atoms with Gasteiger partial charge in [0.05, 0.1) is 43.5 Å². The lowest BCUT2D eigenvalue weighted by Crippen LogP contribution is -2.36. The largest absolute Gasteiger partial charge is 0.486 e. The van der Waals surface area contributed by atoms with Crippen LogP contribution in [0, 0.1) is 17.6 Å². The molecular formula is C25H28F2N6O2. The molecule has 1 fully saturated rings. The lowest BCUT2D eigenvalue weighted by molar-refractivity contribution is 0.122. The number of benzene rings is 1. The van der Waals surface area contributed by atoms with Gasteiger partial charge in [0.25, 0.3) is 0 Å².